The first-order chi connectivity index (χ1) is 12.6. The quantitative estimate of drug-likeness (QED) is 0.669. The number of halogens is 2. The molecule has 1 aliphatic rings. The minimum Gasteiger partial charge on any atom is -0.393 e. The molecular weight excluding hydrogens is 365 g/mol. The van der Waals surface area contributed by atoms with Crippen molar-refractivity contribution >= 4 is 23.2 Å². The maximum Gasteiger partial charge on any atom is 0.0592 e. The number of aliphatic hydroxyl groups excluding tert-OH is 1. The first-order valence-electron chi connectivity index (χ1n) is 9.56. The van der Waals surface area contributed by atoms with Crippen molar-refractivity contribution in [1.29, 1.82) is 0 Å². The number of hydrogen-bond acceptors (Lipinski definition) is 2. The van der Waals surface area contributed by atoms with Crippen LogP contribution < -0.4 is 0 Å². The van der Waals surface area contributed by atoms with Crippen LogP contribution in [-0.4, -0.2) is 35.7 Å². The first-order valence-corrected chi connectivity index (χ1v) is 10.3. The maximum atomic E-state index is 10.4. The Kier molecular flexibility index (Phi) is 7.39. The van der Waals surface area contributed by atoms with Gasteiger partial charge in [-0.05, 0) is 62.0 Å². The second kappa shape index (κ2) is 9.75. The van der Waals surface area contributed by atoms with Gasteiger partial charge in [-0.1, -0.05) is 66.4 Å². The van der Waals surface area contributed by atoms with E-state index in [0.29, 0.717) is 16.5 Å². The van der Waals surface area contributed by atoms with Gasteiger partial charge in [-0.15, -0.1) is 0 Å². The Morgan fingerprint density at radius 1 is 0.923 bits per heavy atom. The van der Waals surface area contributed by atoms with Gasteiger partial charge in [-0.2, -0.15) is 0 Å². The Bertz CT molecular complexity index is 694. The molecule has 0 bridgehead atoms. The van der Waals surface area contributed by atoms with E-state index < -0.39 is 0 Å². The van der Waals surface area contributed by atoms with Gasteiger partial charge in [0.2, 0.25) is 0 Å². The Balaban J connectivity index is 1.53. The smallest absolute Gasteiger partial charge is 0.0592 e. The van der Waals surface area contributed by atoms with Gasteiger partial charge in [0, 0.05) is 22.2 Å². The summed E-state index contributed by atoms with van der Waals surface area (Å²) in [6, 6.07) is 13.8. The number of hydrogen-bond donors (Lipinski definition) is 1. The van der Waals surface area contributed by atoms with Crippen LogP contribution in [0.5, 0.6) is 0 Å². The van der Waals surface area contributed by atoms with E-state index >= 15 is 0 Å². The second-order valence-corrected chi connectivity index (χ2v) is 8.07. The number of aliphatic hydroxyl groups is 1. The Hall–Kier alpha value is -1.06. The molecular formula is C22H27Cl2NO. The molecule has 0 radical (unpaired) electrons. The van der Waals surface area contributed by atoms with Crippen molar-refractivity contribution in [2.45, 2.75) is 44.6 Å². The fourth-order valence-corrected chi connectivity index (χ4v) is 4.13. The van der Waals surface area contributed by atoms with Gasteiger partial charge in [-0.25, -0.2) is 0 Å². The lowest BCUT2D eigenvalue weighted by Gasteiger charge is -2.21. The summed E-state index contributed by atoms with van der Waals surface area (Å²) in [6.07, 6.45) is 6.54. The number of benzene rings is 2. The van der Waals surface area contributed by atoms with E-state index in [2.05, 4.69) is 29.2 Å². The third-order valence-corrected chi connectivity index (χ3v) is 5.69. The predicted molar refractivity (Wildman–Crippen MR) is 111 cm³/mol. The SMILES string of the molecule is OC(CCN1CCCCCC1)Cc1ccc(-c2ccc(Cl)cc2Cl)cc1. The minimum absolute atomic E-state index is 0.289. The molecule has 4 heteroatoms. The zero-order valence-electron chi connectivity index (χ0n) is 15.1. The molecule has 0 spiro atoms. The van der Waals surface area contributed by atoms with Crippen molar-refractivity contribution in [3.63, 3.8) is 0 Å². The lowest BCUT2D eigenvalue weighted by atomic mass is 10.0. The number of likely N-dealkylation sites (tertiary alicyclic amines) is 1. The highest BCUT2D eigenvalue weighted by Gasteiger charge is 2.12. The molecule has 1 atom stereocenters. The van der Waals surface area contributed by atoms with Crippen LogP contribution in [0.15, 0.2) is 42.5 Å². The lowest BCUT2D eigenvalue weighted by Crippen LogP contribution is -2.28. The normalized spacial score (nSPS) is 17.0. The van der Waals surface area contributed by atoms with Crippen LogP contribution in [0.25, 0.3) is 11.1 Å². The fourth-order valence-electron chi connectivity index (χ4n) is 3.61. The largest absolute Gasteiger partial charge is 0.393 e. The number of nitrogens with zero attached hydrogens (tertiary/aromatic N) is 1. The van der Waals surface area contributed by atoms with Gasteiger partial charge in [0.05, 0.1) is 6.10 Å². The van der Waals surface area contributed by atoms with E-state index in [-0.39, 0.29) is 6.10 Å². The Labute approximate surface area is 166 Å². The molecule has 1 heterocycles. The third kappa shape index (κ3) is 5.72. The zero-order valence-corrected chi connectivity index (χ0v) is 16.6. The lowest BCUT2D eigenvalue weighted by molar-refractivity contribution is 0.141. The van der Waals surface area contributed by atoms with E-state index in [1.54, 1.807) is 6.07 Å². The van der Waals surface area contributed by atoms with E-state index in [4.69, 9.17) is 23.2 Å². The summed E-state index contributed by atoms with van der Waals surface area (Å²) < 4.78 is 0. The molecule has 1 saturated heterocycles. The number of rotatable bonds is 6. The van der Waals surface area contributed by atoms with Crippen LogP contribution in [0.1, 0.15) is 37.7 Å². The van der Waals surface area contributed by atoms with E-state index in [1.165, 1.54) is 38.8 Å². The fraction of sp³-hybridized carbons (Fsp3) is 0.455. The molecule has 0 aliphatic carbocycles. The molecule has 2 aromatic rings. The summed E-state index contributed by atoms with van der Waals surface area (Å²) in [5.74, 6) is 0. The maximum absolute atomic E-state index is 10.4. The van der Waals surface area contributed by atoms with Crippen LogP contribution in [0.3, 0.4) is 0 Å². The molecule has 1 fully saturated rings. The molecule has 26 heavy (non-hydrogen) atoms. The van der Waals surface area contributed by atoms with E-state index in [9.17, 15) is 5.11 Å². The summed E-state index contributed by atoms with van der Waals surface area (Å²) in [7, 11) is 0. The van der Waals surface area contributed by atoms with Crippen molar-refractivity contribution in [2.75, 3.05) is 19.6 Å². The highest BCUT2D eigenvalue weighted by molar-refractivity contribution is 6.36. The first kappa shape index (κ1) is 19.7. The van der Waals surface area contributed by atoms with Crippen molar-refractivity contribution < 1.29 is 5.11 Å². The van der Waals surface area contributed by atoms with Gasteiger partial charge >= 0.3 is 0 Å². The predicted octanol–water partition coefficient (Wildman–Crippen LogP) is 5.83. The van der Waals surface area contributed by atoms with Crippen molar-refractivity contribution in [1.82, 2.24) is 4.90 Å². The van der Waals surface area contributed by atoms with E-state index in [1.807, 2.05) is 12.1 Å². The van der Waals surface area contributed by atoms with Crippen LogP contribution >= 0.6 is 23.2 Å². The van der Waals surface area contributed by atoms with Crippen molar-refractivity contribution in [3.8, 4) is 11.1 Å². The highest BCUT2D eigenvalue weighted by Crippen LogP contribution is 2.30. The monoisotopic (exact) mass is 391 g/mol. The van der Waals surface area contributed by atoms with Crippen molar-refractivity contribution in [2.24, 2.45) is 0 Å². The van der Waals surface area contributed by atoms with E-state index in [0.717, 1.165) is 29.7 Å². The average molecular weight is 392 g/mol. The molecule has 2 nitrogen and oxygen atoms in total. The summed E-state index contributed by atoms with van der Waals surface area (Å²) in [5.41, 5.74) is 3.20. The standard InChI is InChI=1S/C22H27Cl2NO/c23-19-9-10-21(22(24)16-19)18-7-5-17(6-8-18)15-20(26)11-14-25-12-3-1-2-4-13-25/h5-10,16,20,26H,1-4,11-15H2. The molecule has 0 aromatic heterocycles. The molecule has 1 N–H and O–H groups in total. The molecule has 0 amide bonds. The van der Waals surface area contributed by atoms with Crippen molar-refractivity contribution in [3.05, 3.63) is 58.1 Å². The molecule has 140 valence electrons. The Morgan fingerprint density at radius 3 is 2.27 bits per heavy atom. The molecule has 0 saturated carbocycles. The average Bonchev–Trinajstić information content (AvgIpc) is 2.90. The summed E-state index contributed by atoms with van der Waals surface area (Å²) in [4.78, 5) is 2.50. The van der Waals surface area contributed by atoms with Crippen LogP contribution in [-0.2, 0) is 6.42 Å². The van der Waals surface area contributed by atoms with Gasteiger partial charge in [0.1, 0.15) is 0 Å². The van der Waals surface area contributed by atoms with Gasteiger partial charge < -0.3 is 10.0 Å². The molecule has 1 aliphatic heterocycles. The molecule has 1 unspecified atom stereocenters. The van der Waals surface area contributed by atoms with Crippen LogP contribution in [0.4, 0.5) is 0 Å². The molecule has 3 rings (SSSR count). The minimum atomic E-state index is -0.289. The zero-order chi connectivity index (χ0) is 18.4. The van der Waals surface area contributed by atoms with Gasteiger partial charge in [-0.3, -0.25) is 0 Å². The highest BCUT2D eigenvalue weighted by atomic mass is 35.5. The Morgan fingerprint density at radius 2 is 1.62 bits per heavy atom. The van der Waals surface area contributed by atoms with Gasteiger partial charge in [0.25, 0.3) is 0 Å². The topological polar surface area (TPSA) is 23.5 Å². The third-order valence-electron chi connectivity index (χ3n) is 5.14. The summed E-state index contributed by atoms with van der Waals surface area (Å²) >= 11 is 12.3. The van der Waals surface area contributed by atoms with Crippen LogP contribution in [0.2, 0.25) is 10.0 Å². The summed E-state index contributed by atoms with van der Waals surface area (Å²) in [5, 5.41) is 11.7. The second-order valence-electron chi connectivity index (χ2n) is 7.22. The van der Waals surface area contributed by atoms with Gasteiger partial charge in [0.15, 0.2) is 0 Å². The van der Waals surface area contributed by atoms with Crippen LogP contribution in [0, 0.1) is 0 Å². The molecule has 2 aromatic carbocycles. The summed E-state index contributed by atoms with van der Waals surface area (Å²) in [6.45, 7) is 3.37.